The normalized spacial score (nSPS) is 9.95. The van der Waals surface area contributed by atoms with Crippen molar-refractivity contribution in [1.29, 1.82) is 0 Å². The Hall–Kier alpha value is -2.25. The maximum absolute atomic E-state index is 8.79. The second kappa shape index (κ2) is 6.78. The molecule has 2 rings (SSSR count). The van der Waals surface area contributed by atoms with Crippen LogP contribution in [-0.4, -0.2) is 27.9 Å². The molecule has 0 unspecified atom stereocenters. The average molecular weight is 270 g/mol. The van der Waals surface area contributed by atoms with Gasteiger partial charge in [0.1, 0.15) is 18.2 Å². The van der Waals surface area contributed by atoms with Gasteiger partial charge in [-0.3, -0.25) is 0 Å². The van der Waals surface area contributed by atoms with Gasteiger partial charge in [0.2, 0.25) is 0 Å². The van der Waals surface area contributed by atoms with Gasteiger partial charge in [-0.2, -0.15) is 0 Å². The first kappa shape index (κ1) is 14.2. The lowest BCUT2D eigenvalue weighted by molar-refractivity contribution is 0.316. The maximum atomic E-state index is 8.79. The van der Waals surface area contributed by atoms with Gasteiger partial charge in [-0.1, -0.05) is 17.9 Å². The van der Waals surface area contributed by atoms with Gasteiger partial charge in [-0.05, 0) is 24.6 Å². The summed E-state index contributed by atoms with van der Waals surface area (Å²) < 4.78 is 7.76. The quantitative estimate of drug-likeness (QED) is 0.860. The first-order valence-corrected chi connectivity index (χ1v) is 6.50. The Labute approximate surface area is 119 Å². The van der Waals surface area contributed by atoms with Crippen molar-refractivity contribution in [2.45, 2.75) is 13.3 Å². The molecule has 0 radical (unpaired) electrons. The van der Waals surface area contributed by atoms with Gasteiger partial charge >= 0.3 is 0 Å². The van der Waals surface area contributed by atoms with E-state index in [1.807, 2.05) is 42.9 Å². The Kier molecular flexibility index (Phi) is 4.80. The molecular formula is C16H18N2O2. The summed E-state index contributed by atoms with van der Waals surface area (Å²) in [5, 5.41) is 8.79. The van der Waals surface area contributed by atoms with E-state index in [1.165, 1.54) is 0 Å². The maximum Gasteiger partial charge on any atom is 0.134 e. The van der Waals surface area contributed by atoms with Crippen molar-refractivity contribution < 1.29 is 9.84 Å². The summed E-state index contributed by atoms with van der Waals surface area (Å²) in [5.41, 5.74) is 1.92. The molecule has 104 valence electrons. The number of imidazole rings is 1. The summed E-state index contributed by atoms with van der Waals surface area (Å²) in [6.07, 6.45) is 4.43. The fraction of sp³-hybridized carbons (Fsp3) is 0.312. The van der Waals surface area contributed by atoms with Crippen LogP contribution < -0.4 is 4.74 Å². The lowest BCUT2D eigenvalue weighted by Gasteiger charge is -2.09. The predicted octanol–water partition coefficient (Wildman–Crippen LogP) is 1.69. The number of hydrogen-bond donors (Lipinski definition) is 1. The van der Waals surface area contributed by atoms with E-state index in [0.717, 1.165) is 29.1 Å². The summed E-state index contributed by atoms with van der Waals surface area (Å²) in [7, 11) is 1.96. The molecule has 0 atom stereocenters. The summed E-state index contributed by atoms with van der Waals surface area (Å²) in [4.78, 5) is 4.26. The molecule has 1 aromatic heterocycles. The fourth-order valence-electron chi connectivity index (χ4n) is 1.89. The zero-order valence-corrected chi connectivity index (χ0v) is 11.8. The zero-order valence-electron chi connectivity index (χ0n) is 11.8. The Morgan fingerprint density at radius 2 is 2.25 bits per heavy atom. The molecule has 1 heterocycles. The van der Waals surface area contributed by atoms with E-state index in [2.05, 4.69) is 16.8 Å². The standard InChI is InChI=1S/C16H18N2O2/c1-13-5-6-15(14(12-13)4-3-10-19)20-11-7-16-17-8-9-18(16)2/h5-6,8-9,12,19H,7,10-11H2,1-2H3. The van der Waals surface area contributed by atoms with Crippen molar-refractivity contribution in [2.24, 2.45) is 7.05 Å². The Balaban J connectivity index is 2.03. The first-order valence-electron chi connectivity index (χ1n) is 6.50. The van der Waals surface area contributed by atoms with Crippen molar-refractivity contribution in [3.63, 3.8) is 0 Å². The van der Waals surface area contributed by atoms with Crippen LogP contribution in [-0.2, 0) is 13.5 Å². The van der Waals surface area contributed by atoms with Crippen LogP contribution in [0.15, 0.2) is 30.6 Å². The monoisotopic (exact) mass is 270 g/mol. The topological polar surface area (TPSA) is 47.3 Å². The molecule has 0 aliphatic rings. The molecule has 0 spiro atoms. The van der Waals surface area contributed by atoms with Crippen LogP contribution in [0, 0.1) is 18.8 Å². The number of nitrogens with zero attached hydrogens (tertiary/aromatic N) is 2. The number of aliphatic hydroxyl groups is 1. The molecule has 2 aromatic rings. The first-order chi connectivity index (χ1) is 9.70. The largest absolute Gasteiger partial charge is 0.492 e. The number of aromatic nitrogens is 2. The van der Waals surface area contributed by atoms with Crippen molar-refractivity contribution in [3.05, 3.63) is 47.5 Å². The molecular weight excluding hydrogens is 252 g/mol. The summed E-state index contributed by atoms with van der Waals surface area (Å²) >= 11 is 0. The van der Waals surface area contributed by atoms with Gasteiger partial charge in [0.05, 0.1) is 12.2 Å². The van der Waals surface area contributed by atoms with Gasteiger partial charge in [-0.15, -0.1) is 0 Å². The van der Waals surface area contributed by atoms with Gasteiger partial charge in [0, 0.05) is 25.9 Å². The highest BCUT2D eigenvalue weighted by molar-refractivity contribution is 5.48. The van der Waals surface area contributed by atoms with Crippen LogP contribution >= 0.6 is 0 Å². The van der Waals surface area contributed by atoms with E-state index in [1.54, 1.807) is 6.20 Å². The molecule has 4 nitrogen and oxygen atoms in total. The zero-order chi connectivity index (χ0) is 14.4. The summed E-state index contributed by atoms with van der Waals surface area (Å²) in [5.74, 6) is 7.29. The number of aliphatic hydroxyl groups excluding tert-OH is 1. The number of benzene rings is 1. The second-order valence-corrected chi connectivity index (χ2v) is 4.51. The van der Waals surface area contributed by atoms with Crippen molar-refractivity contribution >= 4 is 0 Å². The molecule has 0 aliphatic heterocycles. The minimum Gasteiger partial charge on any atom is -0.492 e. The van der Waals surface area contributed by atoms with E-state index in [0.29, 0.717) is 6.61 Å². The summed E-state index contributed by atoms with van der Waals surface area (Å²) in [6.45, 7) is 2.39. The average Bonchev–Trinajstić information content (AvgIpc) is 2.84. The Bertz CT molecular complexity index is 635. The van der Waals surface area contributed by atoms with Gasteiger partial charge in [0.15, 0.2) is 0 Å². The lowest BCUT2D eigenvalue weighted by Crippen LogP contribution is -2.07. The molecule has 0 fully saturated rings. The minimum absolute atomic E-state index is 0.152. The number of aryl methyl sites for hydroxylation is 2. The third-order valence-corrected chi connectivity index (χ3v) is 2.94. The smallest absolute Gasteiger partial charge is 0.134 e. The third-order valence-electron chi connectivity index (χ3n) is 2.94. The molecule has 0 aliphatic carbocycles. The van der Waals surface area contributed by atoms with Crippen molar-refractivity contribution in [2.75, 3.05) is 13.2 Å². The van der Waals surface area contributed by atoms with Gasteiger partial charge in [-0.25, -0.2) is 4.98 Å². The summed E-state index contributed by atoms with van der Waals surface area (Å²) in [6, 6.07) is 5.86. The molecule has 0 saturated heterocycles. The van der Waals surface area contributed by atoms with E-state index < -0.39 is 0 Å². The highest BCUT2D eigenvalue weighted by atomic mass is 16.5. The number of hydrogen-bond acceptors (Lipinski definition) is 3. The third kappa shape index (κ3) is 3.62. The fourth-order valence-corrected chi connectivity index (χ4v) is 1.89. The van der Waals surface area contributed by atoms with Gasteiger partial charge in [0.25, 0.3) is 0 Å². The molecule has 1 aromatic carbocycles. The molecule has 0 bridgehead atoms. The van der Waals surface area contributed by atoms with Crippen LogP contribution in [0.5, 0.6) is 5.75 Å². The molecule has 0 saturated carbocycles. The van der Waals surface area contributed by atoms with E-state index >= 15 is 0 Å². The molecule has 1 N–H and O–H groups in total. The van der Waals surface area contributed by atoms with Crippen LogP contribution in [0.1, 0.15) is 17.0 Å². The second-order valence-electron chi connectivity index (χ2n) is 4.51. The van der Waals surface area contributed by atoms with Crippen LogP contribution in [0.2, 0.25) is 0 Å². The Morgan fingerprint density at radius 1 is 1.40 bits per heavy atom. The van der Waals surface area contributed by atoms with E-state index in [4.69, 9.17) is 9.84 Å². The highest BCUT2D eigenvalue weighted by Crippen LogP contribution is 2.19. The minimum atomic E-state index is -0.152. The van der Waals surface area contributed by atoms with E-state index in [-0.39, 0.29) is 6.61 Å². The van der Waals surface area contributed by atoms with Crippen LogP contribution in [0.4, 0.5) is 0 Å². The number of ether oxygens (including phenoxy) is 1. The highest BCUT2D eigenvalue weighted by Gasteiger charge is 2.04. The molecule has 0 amide bonds. The van der Waals surface area contributed by atoms with Crippen molar-refractivity contribution in [3.8, 4) is 17.6 Å². The Morgan fingerprint density at radius 3 is 2.95 bits per heavy atom. The van der Waals surface area contributed by atoms with Crippen molar-refractivity contribution in [1.82, 2.24) is 9.55 Å². The lowest BCUT2D eigenvalue weighted by atomic mass is 10.1. The van der Waals surface area contributed by atoms with Gasteiger partial charge < -0.3 is 14.4 Å². The van der Waals surface area contributed by atoms with Crippen LogP contribution in [0.3, 0.4) is 0 Å². The number of rotatable bonds is 4. The molecule has 4 heteroatoms. The predicted molar refractivity (Wildman–Crippen MR) is 77.5 cm³/mol. The SMILES string of the molecule is Cc1ccc(OCCc2nccn2C)c(C#CCO)c1. The molecule has 20 heavy (non-hydrogen) atoms. The van der Waals surface area contributed by atoms with E-state index in [9.17, 15) is 0 Å². The van der Waals surface area contributed by atoms with Crippen LogP contribution in [0.25, 0.3) is 0 Å².